The van der Waals surface area contributed by atoms with Gasteiger partial charge in [0.05, 0.1) is 21.7 Å². The number of sulfonamides is 1. The summed E-state index contributed by atoms with van der Waals surface area (Å²) in [6, 6.07) is 9.21. The maximum Gasteiger partial charge on any atom is 0.416 e. The number of para-hydroxylation sites is 1. The Morgan fingerprint density at radius 2 is 1.87 bits per heavy atom. The SMILES string of the molecule is Cc1ncc(CCNC(=O)c2ccccc2NS(=O)(=O)c2cccc(C(F)(F)F)c2)[nH]1. The van der Waals surface area contributed by atoms with Crippen LogP contribution < -0.4 is 10.0 Å². The number of hydrogen-bond donors (Lipinski definition) is 3. The molecule has 31 heavy (non-hydrogen) atoms. The Morgan fingerprint density at radius 1 is 1.13 bits per heavy atom. The van der Waals surface area contributed by atoms with Gasteiger partial charge in [0, 0.05) is 24.9 Å². The van der Waals surface area contributed by atoms with Crippen LogP contribution in [0.3, 0.4) is 0 Å². The number of rotatable bonds is 7. The van der Waals surface area contributed by atoms with Crippen LogP contribution in [-0.4, -0.2) is 30.8 Å². The van der Waals surface area contributed by atoms with Crippen molar-refractivity contribution in [3.05, 3.63) is 77.4 Å². The number of aromatic amines is 1. The van der Waals surface area contributed by atoms with Gasteiger partial charge in [-0.15, -0.1) is 0 Å². The summed E-state index contributed by atoms with van der Waals surface area (Å²) >= 11 is 0. The van der Waals surface area contributed by atoms with E-state index in [9.17, 15) is 26.4 Å². The van der Waals surface area contributed by atoms with E-state index in [0.29, 0.717) is 12.5 Å². The highest BCUT2D eigenvalue weighted by molar-refractivity contribution is 7.92. The van der Waals surface area contributed by atoms with Crippen molar-refractivity contribution in [3.8, 4) is 0 Å². The lowest BCUT2D eigenvalue weighted by Gasteiger charge is -2.14. The third-order valence-corrected chi connectivity index (χ3v) is 5.69. The van der Waals surface area contributed by atoms with Gasteiger partial charge in [0.2, 0.25) is 0 Å². The molecule has 1 aromatic heterocycles. The maximum absolute atomic E-state index is 12.9. The molecule has 164 valence electrons. The standard InChI is InChI=1S/C20H19F3N4O3S/c1-13-25-12-15(26-13)9-10-24-19(28)17-7-2-3-8-18(17)27-31(29,30)16-6-4-5-14(11-16)20(21,22)23/h2-8,11-12,27H,9-10H2,1H3,(H,24,28)(H,25,26). The lowest BCUT2D eigenvalue weighted by Crippen LogP contribution is -2.27. The second kappa shape index (κ2) is 8.80. The van der Waals surface area contributed by atoms with Crippen LogP contribution in [0.4, 0.5) is 18.9 Å². The number of benzene rings is 2. The summed E-state index contributed by atoms with van der Waals surface area (Å²) in [7, 11) is -4.36. The van der Waals surface area contributed by atoms with Crippen molar-refractivity contribution in [1.82, 2.24) is 15.3 Å². The Balaban J connectivity index is 1.76. The number of nitrogens with zero attached hydrogens (tertiary/aromatic N) is 1. The molecule has 0 bridgehead atoms. The molecule has 2 aromatic carbocycles. The fourth-order valence-electron chi connectivity index (χ4n) is 2.82. The van der Waals surface area contributed by atoms with Crippen LogP contribution in [0.1, 0.15) is 27.4 Å². The van der Waals surface area contributed by atoms with Gasteiger partial charge in [0.25, 0.3) is 15.9 Å². The van der Waals surface area contributed by atoms with Gasteiger partial charge in [-0.25, -0.2) is 13.4 Å². The summed E-state index contributed by atoms with van der Waals surface area (Å²) in [6.07, 6.45) is -2.54. The number of imidazole rings is 1. The van der Waals surface area contributed by atoms with E-state index in [1.807, 2.05) is 0 Å². The quantitative estimate of drug-likeness (QED) is 0.510. The van der Waals surface area contributed by atoms with Crippen molar-refractivity contribution in [2.45, 2.75) is 24.4 Å². The second-order valence-electron chi connectivity index (χ2n) is 6.68. The summed E-state index contributed by atoms with van der Waals surface area (Å²) in [5, 5.41) is 2.68. The van der Waals surface area contributed by atoms with Crippen molar-refractivity contribution >= 4 is 21.6 Å². The van der Waals surface area contributed by atoms with Gasteiger partial charge in [-0.05, 0) is 37.3 Å². The summed E-state index contributed by atoms with van der Waals surface area (Å²) < 4.78 is 66.2. The molecule has 0 saturated carbocycles. The third kappa shape index (κ3) is 5.63. The number of aromatic nitrogens is 2. The number of carbonyl (C=O) groups excluding carboxylic acids is 1. The van der Waals surface area contributed by atoms with Crippen LogP contribution in [0.5, 0.6) is 0 Å². The van der Waals surface area contributed by atoms with Crippen molar-refractivity contribution < 1.29 is 26.4 Å². The monoisotopic (exact) mass is 452 g/mol. The normalized spacial score (nSPS) is 11.9. The van der Waals surface area contributed by atoms with Crippen LogP contribution in [-0.2, 0) is 22.6 Å². The Kier molecular flexibility index (Phi) is 6.34. The molecule has 0 radical (unpaired) electrons. The molecular formula is C20H19F3N4O3S. The van der Waals surface area contributed by atoms with Crippen molar-refractivity contribution in [2.75, 3.05) is 11.3 Å². The predicted molar refractivity (Wildman–Crippen MR) is 108 cm³/mol. The Bertz CT molecular complexity index is 1190. The molecule has 3 rings (SSSR count). The number of hydrogen-bond acceptors (Lipinski definition) is 4. The molecule has 0 spiro atoms. The first-order chi connectivity index (χ1) is 14.6. The van der Waals surface area contributed by atoms with Crippen molar-refractivity contribution in [1.29, 1.82) is 0 Å². The summed E-state index contributed by atoms with van der Waals surface area (Å²) in [5.74, 6) is 0.217. The zero-order valence-electron chi connectivity index (χ0n) is 16.3. The molecule has 3 N–H and O–H groups in total. The molecule has 7 nitrogen and oxygen atoms in total. The lowest BCUT2D eigenvalue weighted by atomic mass is 10.1. The number of anilines is 1. The fourth-order valence-corrected chi connectivity index (χ4v) is 3.94. The molecule has 0 aliphatic heterocycles. The van der Waals surface area contributed by atoms with E-state index in [1.54, 1.807) is 19.2 Å². The van der Waals surface area contributed by atoms with Gasteiger partial charge in [0.15, 0.2) is 0 Å². The van der Waals surface area contributed by atoms with Crippen LogP contribution in [0.2, 0.25) is 0 Å². The molecule has 0 saturated heterocycles. The zero-order chi connectivity index (χ0) is 22.6. The maximum atomic E-state index is 12.9. The van der Waals surface area contributed by atoms with Crippen molar-refractivity contribution in [2.24, 2.45) is 0 Å². The highest BCUT2D eigenvalue weighted by atomic mass is 32.2. The van der Waals surface area contributed by atoms with E-state index in [1.165, 1.54) is 18.2 Å². The first-order valence-electron chi connectivity index (χ1n) is 9.14. The first-order valence-corrected chi connectivity index (χ1v) is 10.6. The number of halogens is 3. The molecule has 11 heteroatoms. The lowest BCUT2D eigenvalue weighted by molar-refractivity contribution is -0.137. The minimum atomic E-state index is -4.68. The highest BCUT2D eigenvalue weighted by Crippen LogP contribution is 2.31. The Hall–Kier alpha value is -3.34. The zero-order valence-corrected chi connectivity index (χ0v) is 17.1. The third-order valence-electron chi connectivity index (χ3n) is 4.32. The van der Waals surface area contributed by atoms with E-state index in [-0.39, 0.29) is 17.8 Å². The Morgan fingerprint density at radius 3 is 2.55 bits per heavy atom. The van der Waals surface area contributed by atoms with E-state index < -0.39 is 32.6 Å². The van der Waals surface area contributed by atoms with Gasteiger partial charge < -0.3 is 10.3 Å². The van der Waals surface area contributed by atoms with Crippen LogP contribution in [0.25, 0.3) is 0 Å². The number of H-pyrrole nitrogens is 1. The number of carbonyl (C=O) groups is 1. The molecule has 0 aliphatic carbocycles. The molecule has 0 atom stereocenters. The first kappa shape index (κ1) is 22.3. The summed E-state index contributed by atoms with van der Waals surface area (Å²) in [5.41, 5.74) is -0.264. The molecule has 0 aliphatic rings. The van der Waals surface area contributed by atoms with Crippen LogP contribution in [0.15, 0.2) is 59.6 Å². The van der Waals surface area contributed by atoms with Gasteiger partial charge >= 0.3 is 6.18 Å². The smallest absolute Gasteiger partial charge is 0.352 e. The summed E-state index contributed by atoms with van der Waals surface area (Å²) in [6.45, 7) is 2.07. The van der Waals surface area contributed by atoms with Gasteiger partial charge in [-0.3, -0.25) is 9.52 Å². The minimum absolute atomic E-state index is 0.0406. The molecule has 0 unspecified atom stereocenters. The molecule has 1 heterocycles. The number of nitrogens with one attached hydrogen (secondary N) is 3. The van der Waals surface area contributed by atoms with Gasteiger partial charge in [-0.2, -0.15) is 13.2 Å². The van der Waals surface area contributed by atoms with E-state index >= 15 is 0 Å². The van der Waals surface area contributed by atoms with E-state index in [0.717, 1.165) is 29.7 Å². The van der Waals surface area contributed by atoms with E-state index in [4.69, 9.17) is 0 Å². The minimum Gasteiger partial charge on any atom is -0.352 e. The van der Waals surface area contributed by atoms with Gasteiger partial charge in [0.1, 0.15) is 5.82 Å². The average molecular weight is 452 g/mol. The van der Waals surface area contributed by atoms with E-state index in [2.05, 4.69) is 20.0 Å². The largest absolute Gasteiger partial charge is 0.416 e. The fraction of sp³-hybridized carbons (Fsp3) is 0.200. The van der Waals surface area contributed by atoms with Crippen LogP contribution >= 0.6 is 0 Å². The van der Waals surface area contributed by atoms with Crippen molar-refractivity contribution in [3.63, 3.8) is 0 Å². The molecular weight excluding hydrogens is 433 g/mol. The Labute approximate surface area is 176 Å². The van der Waals surface area contributed by atoms with Gasteiger partial charge in [-0.1, -0.05) is 18.2 Å². The molecule has 1 amide bonds. The predicted octanol–water partition coefficient (Wildman–Crippen LogP) is 3.51. The number of amides is 1. The van der Waals surface area contributed by atoms with Crippen LogP contribution in [0, 0.1) is 6.92 Å². The topological polar surface area (TPSA) is 104 Å². The summed E-state index contributed by atoms with van der Waals surface area (Å²) in [4.78, 5) is 19.1. The number of alkyl halides is 3. The highest BCUT2D eigenvalue weighted by Gasteiger charge is 2.31. The average Bonchev–Trinajstić information content (AvgIpc) is 3.12. The molecule has 3 aromatic rings. The number of aryl methyl sites for hydroxylation is 1. The molecule has 0 fully saturated rings. The second-order valence-corrected chi connectivity index (χ2v) is 8.36.